The Hall–Kier alpha value is -1.59. The average molecular weight is 350 g/mol. The summed E-state index contributed by atoms with van der Waals surface area (Å²) in [6.07, 6.45) is 2.33. The highest BCUT2D eigenvalue weighted by Crippen LogP contribution is 2.17. The first kappa shape index (κ1) is 17.2. The van der Waals surface area contributed by atoms with Gasteiger partial charge in [-0.25, -0.2) is 0 Å². The Morgan fingerprint density at radius 2 is 2.17 bits per heavy atom. The molecule has 0 spiro atoms. The van der Waals surface area contributed by atoms with Crippen molar-refractivity contribution in [3.63, 3.8) is 0 Å². The van der Waals surface area contributed by atoms with E-state index in [4.69, 9.17) is 11.6 Å². The van der Waals surface area contributed by atoms with Crippen LogP contribution in [0.2, 0.25) is 5.02 Å². The predicted octanol–water partition coefficient (Wildman–Crippen LogP) is 1.69. The van der Waals surface area contributed by atoms with Crippen molar-refractivity contribution >= 4 is 23.4 Å². The Labute approximate surface area is 147 Å². The van der Waals surface area contributed by atoms with Crippen LogP contribution in [0, 0.1) is 0 Å². The first-order valence-corrected chi connectivity index (χ1v) is 8.98. The number of amides is 2. The number of carbonyl (C=O) groups excluding carboxylic acids is 2. The average Bonchev–Trinajstić information content (AvgIpc) is 3.08. The highest BCUT2D eigenvalue weighted by atomic mass is 35.5. The van der Waals surface area contributed by atoms with Gasteiger partial charge in [0.25, 0.3) is 0 Å². The smallest absolute Gasteiger partial charge is 0.239 e. The molecule has 2 unspecified atom stereocenters. The van der Waals surface area contributed by atoms with Crippen LogP contribution >= 0.6 is 11.6 Å². The summed E-state index contributed by atoms with van der Waals surface area (Å²) in [7, 11) is 0. The number of halogens is 1. The van der Waals surface area contributed by atoms with Gasteiger partial charge in [-0.15, -0.1) is 0 Å². The van der Waals surface area contributed by atoms with Gasteiger partial charge in [-0.1, -0.05) is 23.7 Å². The van der Waals surface area contributed by atoms with Crippen molar-refractivity contribution in [3.8, 4) is 0 Å². The number of rotatable bonds is 3. The second-order valence-electron chi connectivity index (χ2n) is 6.68. The van der Waals surface area contributed by atoms with Gasteiger partial charge in [0.05, 0.1) is 12.5 Å². The zero-order valence-corrected chi connectivity index (χ0v) is 14.8. The molecule has 5 nitrogen and oxygen atoms in total. The van der Waals surface area contributed by atoms with Gasteiger partial charge in [0.2, 0.25) is 11.8 Å². The minimum atomic E-state index is -0.0362. The van der Waals surface area contributed by atoms with Crippen LogP contribution in [0.5, 0.6) is 0 Å². The number of carbonyl (C=O) groups is 2. The van der Waals surface area contributed by atoms with Crippen LogP contribution in [0.4, 0.5) is 0 Å². The Morgan fingerprint density at radius 1 is 1.33 bits per heavy atom. The normalized spacial score (nSPS) is 24.2. The molecular formula is C18H24ClN3O2. The van der Waals surface area contributed by atoms with Gasteiger partial charge in [0, 0.05) is 30.7 Å². The van der Waals surface area contributed by atoms with E-state index in [9.17, 15) is 9.59 Å². The molecule has 6 heteroatoms. The van der Waals surface area contributed by atoms with Crippen molar-refractivity contribution in [3.05, 3.63) is 34.9 Å². The molecule has 0 saturated carbocycles. The van der Waals surface area contributed by atoms with Gasteiger partial charge in [0.15, 0.2) is 0 Å². The maximum atomic E-state index is 12.6. The Morgan fingerprint density at radius 3 is 2.83 bits per heavy atom. The summed E-state index contributed by atoms with van der Waals surface area (Å²) in [5, 5.41) is 3.90. The highest BCUT2D eigenvalue weighted by molar-refractivity contribution is 6.30. The van der Waals surface area contributed by atoms with E-state index in [0.29, 0.717) is 31.1 Å². The molecule has 0 bridgehead atoms. The Bertz CT molecular complexity index is 616. The van der Waals surface area contributed by atoms with Crippen molar-refractivity contribution < 1.29 is 9.59 Å². The van der Waals surface area contributed by atoms with Crippen molar-refractivity contribution in [2.24, 2.45) is 0 Å². The SMILES string of the molecule is CC1CN(C(=O)C2CCCN2)CCN1C(=O)Cc1cccc(Cl)c1. The number of hydrogen-bond donors (Lipinski definition) is 1. The summed E-state index contributed by atoms with van der Waals surface area (Å²) in [6, 6.07) is 7.41. The molecule has 0 aliphatic carbocycles. The minimum absolute atomic E-state index is 0.0362. The molecule has 2 aliphatic heterocycles. The van der Waals surface area contributed by atoms with Gasteiger partial charge in [-0.3, -0.25) is 9.59 Å². The summed E-state index contributed by atoms with van der Waals surface area (Å²) in [5.74, 6) is 0.275. The molecule has 1 aromatic rings. The van der Waals surface area contributed by atoms with Crippen LogP contribution in [-0.2, 0) is 16.0 Å². The quantitative estimate of drug-likeness (QED) is 0.903. The number of hydrogen-bond acceptors (Lipinski definition) is 3. The van der Waals surface area contributed by atoms with Crippen LogP contribution in [0.3, 0.4) is 0 Å². The van der Waals surface area contributed by atoms with Crippen LogP contribution in [0.25, 0.3) is 0 Å². The lowest BCUT2D eigenvalue weighted by Gasteiger charge is -2.40. The van der Waals surface area contributed by atoms with Crippen LogP contribution in [0.15, 0.2) is 24.3 Å². The van der Waals surface area contributed by atoms with Gasteiger partial charge >= 0.3 is 0 Å². The Balaban J connectivity index is 1.57. The number of nitrogens with one attached hydrogen (secondary N) is 1. The molecule has 2 atom stereocenters. The predicted molar refractivity (Wildman–Crippen MR) is 93.9 cm³/mol. The molecule has 2 amide bonds. The lowest BCUT2D eigenvalue weighted by molar-refractivity contribution is -0.143. The van der Waals surface area contributed by atoms with Crippen molar-refractivity contribution in [2.45, 2.75) is 38.3 Å². The van der Waals surface area contributed by atoms with Crippen molar-refractivity contribution in [1.29, 1.82) is 0 Å². The van der Waals surface area contributed by atoms with E-state index in [-0.39, 0.29) is 23.9 Å². The van der Waals surface area contributed by atoms with Crippen molar-refractivity contribution in [2.75, 3.05) is 26.2 Å². The zero-order valence-electron chi connectivity index (χ0n) is 14.0. The summed E-state index contributed by atoms with van der Waals surface area (Å²) in [6.45, 7) is 4.75. The molecule has 1 aromatic carbocycles. The van der Waals surface area contributed by atoms with Crippen LogP contribution in [0.1, 0.15) is 25.3 Å². The monoisotopic (exact) mass is 349 g/mol. The van der Waals surface area contributed by atoms with Gasteiger partial charge in [-0.05, 0) is 44.0 Å². The third-order valence-corrected chi connectivity index (χ3v) is 5.10. The van der Waals surface area contributed by atoms with E-state index in [1.54, 1.807) is 6.07 Å². The van der Waals surface area contributed by atoms with Crippen LogP contribution in [-0.4, -0.2) is 59.9 Å². The van der Waals surface area contributed by atoms with E-state index in [1.165, 1.54) is 0 Å². The molecule has 24 heavy (non-hydrogen) atoms. The minimum Gasteiger partial charge on any atom is -0.338 e. The maximum absolute atomic E-state index is 12.6. The van der Waals surface area contributed by atoms with E-state index in [1.807, 2.05) is 34.9 Å². The van der Waals surface area contributed by atoms with E-state index in [2.05, 4.69) is 5.32 Å². The lowest BCUT2D eigenvalue weighted by Crippen LogP contribution is -2.58. The fourth-order valence-corrected chi connectivity index (χ4v) is 3.78. The molecule has 2 fully saturated rings. The summed E-state index contributed by atoms with van der Waals surface area (Å²) in [5.41, 5.74) is 0.924. The number of nitrogens with zero attached hydrogens (tertiary/aromatic N) is 2. The Kier molecular flexibility index (Phi) is 5.41. The maximum Gasteiger partial charge on any atom is 0.239 e. The molecule has 2 aliphatic rings. The first-order chi connectivity index (χ1) is 11.5. The molecule has 0 aromatic heterocycles. The number of benzene rings is 1. The molecule has 3 rings (SSSR count). The summed E-state index contributed by atoms with van der Waals surface area (Å²) in [4.78, 5) is 28.9. The first-order valence-electron chi connectivity index (χ1n) is 8.60. The molecule has 0 radical (unpaired) electrons. The van der Waals surface area contributed by atoms with Gasteiger partial charge < -0.3 is 15.1 Å². The topological polar surface area (TPSA) is 52.7 Å². The van der Waals surface area contributed by atoms with E-state index in [0.717, 1.165) is 24.9 Å². The third-order valence-electron chi connectivity index (χ3n) is 4.86. The van der Waals surface area contributed by atoms with Gasteiger partial charge in [0.1, 0.15) is 0 Å². The standard InChI is InChI=1S/C18H24ClN3O2/c1-13-12-21(18(24)16-6-3-7-20-16)8-9-22(13)17(23)11-14-4-2-5-15(19)10-14/h2,4-5,10,13,16,20H,3,6-9,11-12H2,1H3. The fraction of sp³-hybridized carbons (Fsp3) is 0.556. The zero-order chi connectivity index (χ0) is 17.1. The van der Waals surface area contributed by atoms with Crippen molar-refractivity contribution in [1.82, 2.24) is 15.1 Å². The largest absolute Gasteiger partial charge is 0.338 e. The molecule has 2 heterocycles. The molecule has 130 valence electrons. The second kappa shape index (κ2) is 7.53. The highest BCUT2D eigenvalue weighted by Gasteiger charge is 2.33. The third kappa shape index (κ3) is 3.90. The second-order valence-corrected chi connectivity index (χ2v) is 7.11. The molecule has 2 saturated heterocycles. The van der Waals surface area contributed by atoms with Gasteiger partial charge in [-0.2, -0.15) is 0 Å². The fourth-order valence-electron chi connectivity index (χ4n) is 3.57. The van der Waals surface area contributed by atoms with E-state index < -0.39 is 0 Å². The lowest BCUT2D eigenvalue weighted by atomic mass is 10.1. The molecular weight excluding hydrogens is 326 g/mol. The summed E-state index contributed by atoms with van der Waals surface area (Å²) < 4.78 is 0. The molecule has 1 N–H and O–H groups in total. The van der Waals surface area contributed by atoms with E-state index >= 15 is 0 Å². The summed E-state index contributed by atoms with van der Waals surface area (Å²) >= 11 is 5.98. The van der Waals surface area contributed by atoms with Crippen LogP contribution < -0.4 is 5.32 Å². The number of piperazine rings is 1.